The van der Waals surface area contributed by atoms with Gasteiger partial charge in [0.15, 0.2) is 5.82 Å². The van der Waals surface area contributed by atoms with Gasteiger partial charge in [-0.2, -0.15) is 13.2 Å². The molecule has 0 saturated carbocycles. The first-order chi connectivity index (χ1) is 14.8. The Morgan fingerprint density at radius 2 is 1.87 bits per heavy atom. The van der Waals surface area contributed by atoms with Crippen LogP contribution in [-0.2, 0) is 6.18 Å². The molecule has 0 aliphatic carbocycles. The summed E-state index contributed by atoms with van der Waals surface area (Å²) in [6, 6.07) is 8.14. The summed E-state index contributed by atoms with van der Waals surface area (Å²) in [5.74, 6) is 0.548. The number of methoxy groups -OCH3 is 1. The predicted molar refractivity (Wildman–Crippen MR) is 106 cm³/mol. The number of ether oxygens (including phenoxy) is 2. The van der Waals surface area contributed by atoms with E-state index in [0.29, 0.717) is 28.9 Å². The number of carbonyl (C=O) groups excluding carboxylic acids is 1. The molecule has 0 bridgehead atoms. The molecule has 0 aliphatic heterocycles. The normalized spacial score (nSPS) is 12.2. The lowest BCUT2D eigenvalue weighted by Gasteiger charge is -2.16. The minimum atomic E-state index is -4.47. The first-order valence-electron chi connectivity index (χ1n) is 9.20. The van der Waals surface area contributed by atoms with Crippen molar-refractivity contribution < 1.29 is 27.4 Å². The van der Waals surface area contributed by atoms with Crippen LogP contribution in [0.1, 0.15) is 22.8 Å². The van der Waals surface area contributed by atoms with Crippen LogP contribution in [0.25, 0.3) is 11.4 Å². The van der Waals surface area contributed by atoms with E-state index < -0.39 is 17.8 Å². The van der Waals surface area contributed by atoms with Crippen molar-refractivity contribution in [3.8, 4) is 23.0 Å². The van der Waals surface area contributed by atoms with Crippen LogP contribution in [0.3, 0.4) is 0 Å². The van der Waals surface area contributed by atoms with Crippen molar-refractivity contribution in [1.82, 2.24) is 20.3 Å². The summed E-state index contributed by atoms with van der Waals surface area (Å²) < 4.78 is 48.4. The minimum Gasteiger partial charge on any atom is -0.497 e. The molecule has 1 N–H and O–H groups in total. The van der Waals surface area contributed by atoms with Gasteiger partial charge in [0.25, 0.3) is 5.91 Å². The molecule has 31 heavy (non-hydrogen) atoms. The standard InChI is InChI=1S/C21H19F3N4O3/c1-13(12-31-18-7-4-14(11-27-18)21(22,23)24)28-20(29)16-6-5-15(30-2)10-17(16)19-25-8-3-9-26-19/h3-11,13H,12H2,1-2H3,(H,28,29). The van der Waals surface area contributed by atoms with Crippen molar-refractivity contribution in [3.05, 3.63) is 66.1 Å². The van der Waals surface area contributed by atoms with E-state index in [9.17, 15) is 18.0 Å². The third-order valence-electron chi connectivity index (χ3n) is 4.20. The third-order valence-corrected chi connectivity index (χ3v) is 4.20. The molecule has 2 heterocycles. The molecule has 0 spiro atoms. The van der Waals surface area contributed by atoms with E-state index in [-0.39, 0.29) is 18.4 Å². The number of carbonyl (C=O) groups is 1. The van der Waals surface area contributed by atoms with Gasteiger partial charge in [0.2, 0.25) is 5.88 Å². The van der Waals surface area contributed by atoms with Gasteiger partial charge in [0.05, 0.1) is 24.3 Å². The largest absolute Gasteiger partial charge is 0.497 e. The Bertz CT molecular complexity index is 1030. The molecule has 10 heteroatoms. The summed E-state index contributed by atoms with van der Waals surface area (Å²) in [5, 5.41) is 2.78. The Hall–Kier alpha value is -3.69. The van der Waals surface area contributed by atoms with E-state index >= 15 is 0 Å². The van der Waals surface area contributed by atoms with Gasteiger partial charge in [-0.05, 0) is 37.3 Å². The molecular formula is C21H19F3N4O3. The van der Waals surface area contributed by atoms with E-state index in [0.717, 1.165) is 12.1 Å². The lowest BCUT2D eigenvalue weighted by molar-refractivity contribution is -0.137. The zero-order valence-electron chi connectivity index (χ0n) is 16.7. The van der Waals surface area contributed by atoms with Crippen LogP contribution >= 0.6 is 0 Å². The number of nitrogens with one attached hydrogen (secondary N) is 1. The van der Waals surface area contributed by atoms with E-state index in [1.807, 2.05) is 0 Å². The van der Waals surface area contributed by atoms with Gasteiger partial charge >= 0.3 is 6.18 Å². The van der Waals surface area contributed by atoms with Crippen LogP contribution in [0.2, 0.25) is 0 Å². The molecule has 0 saturated heterocycles. The average Bonchev–Trinajstić information content (AvgIpc) is 2.77. The number of rotatable bonds is 7. The lowest BCUT2D eigenvalue weighted by atomic mass is 10.0. The minimum absolute atomic E-state index is 0.0113. The molecule has 2 aromatic heterocycles. The van der Waals surface area contributed by atoms with E-state index in [4.69, 9.17) is 9.47 Å². The molecule has 7 nitrogen and oxygen atoms in total. The summed E-state index contributed by atoms with van der Waals surface area (Å²) >= 11 is 0. The molecule has 1 aromatic carbocycles. The van der Waals surface area contributed by atoms with Gasteiger partial charge in [-0.15, -0.1) is 0 Å². The average molecular weight is 432 g/mol. The van der Waals surface area contributed by atoms with E-state index in [1.165, 1.54) is 7.11 Å². The number of amides is 1. The number of benzene rings is 1. The monoisotopic (exact) mass is 432 g/mol. The number of aromatic nitrogens is 3. The van der Waals surface area contributed by atoms with Gasteiger partial charge in [0, 0.05) is 30.2 Å². The van der Waals surface area contributed by atoms with Crippen LogP contribution in [-0.4, -0.2) is 40.6 Å². The molecule has 1 unspecified atom stereocenters. The maximum absolute atomic E-state index is 12.8. The summed E-state index contributed by atoms with van der Waals surface area (Å²) in [6.07, 6.45) is -0.637. The maximum Gasteiger partial charge on any atom is 0.417 e. The molecule has 0 radical (unpaired) electrons. The van der Waals surface area contributed by atoms with Crippen molar-refractivity contribution in [2.75, 3.05) is 13.7 Å². The van der Waals surface area contributed by atoms with Crippen LogP contribution < -0.4 is 14.8 Å². The second-order valence-electron chi connectivity index (χ2n) is 6.55. The fourth-order valence-corrected chi connectivity index (χ4v) is 2.66. The third kappa shape index (κ3) is 5.68. The van der Waals surface area contributed by atoms with Gasteiger partial charge < -0.3 is 14.8 Å². The summed E-state index contributed by atoms with van der Waals surface area (Å²) in [5.41, 5.74) is -0.0298. The number of pyridine rings is 1. The number of halogens is 3. The summed E-state index contributed by atoms with van der Waals surface area (Å²) in [4.78, 5) is 24.8. The molecule has 3 rings (SSSR count). The highest BCUT2D eigenvalue weighted by molar-refractivity contribution is 6.00. The predicted octanol–water partition coefficient (Wildman–Crippen LogP) is 3.76. The van der Waals surface area contributed by atoms with E-state index in [2.05, 4.69) is 20.3 Å². The van der Waals surface area contributed by atoms with Crippen LogP contribution in [0, 0.1) is 0 Å². The molecule has 1 amide bonds. The molecule has 1 atom stereocenters. The number of alkyl halides is 3. The molecule has 162 valence electrons. The zero-order chi connectivity index (χ0) is 22.4. The van der Waals surface area contributed by atoms with Crippen molar-refractivity contribution in [2.24, 2.45) is 0 Å². The van der Waals surface area contributed by atoms with Crippen molar-refractivity contribution in [1.29, 1.82) is 0 Å². The highest BCUT2D eigenvalue weighted by Crippen LogP contribution is 2.29. The van der Waals surface area contributed by atoms with Crippen molar-refractivity contribution in [3.63, 3.8) is 0 Å². The second-order valence-corrected chi connectivity index (χ2v) is 6.55. The Morgan fingerprint density at radius 1 is 1.13 bits per heavy atom. The molecule has 0 aliphatic rings. The van der Waals surface area contributed by atoms with Crippen LogP contribution in [0.5, 0.6) is 11.6 Å². The topological polar surface area (TPSA) is 86.2 Å². The Morgan fingerprint density at radius 3 is 2.48 bits per heavy atom. The first kappa shape index (κ1) is 22.0. The second kappa shape index (κ2) is 9.41. The fourth-order valence-electron chi connectivity index (χ4n) is 2.66. The quantitative estimate of drug-likeness (QED) is 0.612. The number of hydrogen-bond acceptors (Lipinski definition) is 6. The summed E-state index contributed by atoms with van der Waals surface area (Å²) in [7, 11) is 1.51. The highest BCUT2D eigenvalue weighted by Gasteiger charge is 2.30. The fraction of sp³-hybridized carbons (Fsp3) is 0.238. The molecular weight excluding hydrogens is 413 g/mol. The van der Waals surface area contributed by atoms with Crippen LogP contribution in [0.4, 0.5) is 13.2 Å². The number of nitrogens with zero attached hydrogens (tertiary/aromatic N) is 3. The van der Waals surface area contributed by atoms with Gasteiger partial charge in [-0.3, -0.25) is 4.79 Å². The van der Waals surface area contributed by atoms with Crippen molar-refractivity contribution in [2.45, 2.75) is 19.1 Å². The van der Waals surface area contributed by atoms with E-state index in [1.54, 1.807) is 43.6 Å². The molecule has 3 aromatic rings. The highest BCUT2D eigenvalue weighted by atomic mass is 19.4. The summed E-state index contributed by atoms with van der Waals surface area (Å²) in [6.45, 7) is 1.71. The van der Waals surface area contributed by atoms with Gasteiger partial charge in [-0.25, -0.2) is 15.0 Å². The zero-order valence-corrected chi connectivity index (χ0v) is 16.7. The van der Waals surface area contributed by atoms with Gasteiger partial charge in [0.1, 0.15) is 12.4 Å². The van der Waals surface area contributed by atoms with Crippen molar-refractivity contribution >= 4 is 5.91 Å². The lowest BCUT2D eigenvalue weighted by Crippen LogP contribution is -2.37. The Kier molecular flexibility index (Phi) is 6.68. The van der Waals surface area contributed by atoms with Gasteiger partial charge in [-0.1, -0.05) is 0 Å². The number of hydrogen-bond donors (Lipinski definition) is 1. The molecule has 0 fully saturated rings. The van der Waals surface area contributed by atoms with Crippen LogP contribution in [0.15, 0.2) is 55.0 Å². The smallest absolute Gasteiger partial charge is 0.417 e. The Labute approximate surface area is 176 Å². The first-order valence-corrected chi connectivity index (χ1v) is 9.20. The Balaban J connectivity index is 1.67. The maximum atomic E-state index is 12.8. The SMILES string of the molecule is COc1ccc(C(=O)NC(C)COc2ccc(C(F)(F)F)cn2)c(-c2ncccn2)c1.